The smallest absolute Gasteiger partial charge is 0.271 e. The van der Waals surface area contributed by atoms with E-state index >= 15 is 0 Å². The van der Waals surface area contributed by atoms with E-state index < -0.39 is 35.2 Å². The third-order valence-electron chi connectivity index (χ3n) is 8.31. The zero-order valence-corrected chi connectivity index (χ0v) is 25.6. The summed E-state index contributed by atoms with van der Waals surface area (Å²) in [6.07, 6.45) is 16.7. The Balaban J connectivity index is 0.00000193. The Labute approximate surface area is 253 Å². The lowest BCUT2D eigenvalue weighted by molar-refractivity contribution is -0.145. The first-order chi connectivity index (χ1) is 20.0. The summed E-state index contributed by atoms with van der Waals surface area (Å²) in [7, 11) is 0. The molecular weight excluding hydrogens is 536 g/mol. The van der Waals surface area contributed by atoms with Crippen LogP contribution in [0, 0.1) is 17.3 Å². The summed E-state index contributed by atoms with van der Waals surface area (Å²) in [5.41, 5.74) is -0.595. The number of fused-ring (bicyclic) bond motifs is 1. The number of rotatable bonds is 8. The molecule has 2 aliphatic carbocycles. The van der Waals surface area contributed by atoms with Crippen LogP contribution in [0.5, 0.6) is 0 Å². The van der Waals surface area contributed by atoms with Crippen LogP contribution in [0.25, 0.3) is 0 Å². The lowest BCUT2D eigenvalue weighted by atomic mass is 9.85. The number of amides is 5. The van der Waals surface area contributed by atoms with Gasteiger partial charge in [-0.05, 0) is 36.5 Å². The number of likely N-dealkylation sites (tertiary alicyclic amines) is 1. The Morgan fingerprint density at radius 3 is 2.21 bits per heavy atom. The van der Waals surface area contributed by atoms with Crippen LogP contribution in [0.3, 0.4) is 0 Å². The molecule has 4 rings (SSSR count). The van der Waals surface area contributed by atoms with Crippen molar-refractivity contribution in [1.29, 1.82) is 0 Å². The molecule has 1 saturated heterocycles. The van der Waals surface area contributed by atoms with E-state index in [-0.39, 0.29) is 46.6 Å². The fourth-order valence-corrected chi connectivity index (χ4v) is 6.12. The van der Waals surface area contributed by atoms with Gasteiger partial charge in [-0.1, -0.05) is 72.6 Å². The second-order valence-electron chi connectivity index (χ2n) is 12.7. The number of carbonyl (C=O) groups is 5. The van der Waals surface area contributed by atoms with Crippen molar-refractivity contribution in [3.8, 4) is 0 Å². The predicted octanol–water partition coefficient (Wildman–Crippen LogP) is 3.89. The van der Waals surface area contributed by atoms with Crippen molar-refractivity contribution >= 4 is 29.5 Å². The van der Waals surface area contributed by atoms with E-state index in [1.165, 1.54) is 62.0 Å². The second-order valence-corrected chi connectivity index (χ2v) is 12.7. The zero-order valence-electron chi connectivity index (χ0n) is 25.6. The first kappa shape index (κ1) is 33.1. The van der Waals surface area contributed by atoms with E-state index in [0.717, 1.165) is 19.3 Å². The summed E-state index contributed by atoms with van der Waals surface area (Å²) in [6, 6.07) is -1.68. The highest BCUT2D eigenvalue weighted by Gasteiger charge is 2.51. The van der Waals surface area contributed by atoms with Crippen LogP contribution in [-0.2, 0) is 19.2 Å². The van der Waals surface area contributed by atoms with Gasteiger partial charge in [0, 0.05) is 29.6 Å². The molecule has 3 fully saturated rings. The molecule has 238 valence electrons. The van der Waals surface area contributed by atoms with Gasteiger partial charge < -0.3 is 15.5 Å². The van der Waals surface area contributed by atoms with Gasteiger partial charge in [0.25, 0.3) is 5.91 Å². The average Bonchev–Trinajstić information content (AvgIpc) is 3.57. The Bertz CT molecular complexity index is 1090. The van der Waals surface area contributed by atoms with E-state index in [0.29, 0.717) is 13.0 Å². The first-order valence-electron chi connectivity index (χ1n) is 15.5. The van der Waals surface area contributed by atoms with Crippen molar-refractivity contribution in [2.45, 2.75) is 110 Å². The molecule has 11 heteroatoms. The van der Waals surface area contributed by atoms with Crippen LogP contribution in [0.4, 0.5) is 0 Å². The fraction of sp³-hybridized carbons (Fsp3) is 0.710. The Morgan fingerprint density at radius 1 is 0.976 bits per heavy atom. The van der Waals surface area contributed by atoms with Crippen molar-refractivity contribution in [2.75, 3.05) is 13.1 Å². The Hall–Kier alpha value is -3.37. The molecule has 0 spiro atoms. The average molecular weight is 591 g/mol. The summed E-state index contributed by atoms with van der Waals surface area (Å²) in [6.45, 7) is 7.39. The lowest BCUT2D eigenvalue weighted by Crippen LogP contribution is -2.59. The summed E-state index contributed by atoms with van der Waals surface area (Å²) in [5, 5.41) is 7.69. The number of nitrogens with zero attached hydrogens (tertiary/aromatic N) is 3. The molecule has 2 heterocycles. The minimum atomic E-state index is -0.932. The van der Waals surface area contributed by atoms with Crippen LogP contribution in [0.2, 0.25) is 0 Å². The van der Waals surface area contributed by atoms with E-state index in [1.807, 2.05) is 27.7 Å². The maximum Gasteiger partial charge on any atom is 0.271 e. The van der Waals surface area contributed by atoms with Crippen molar-refractivity contribution in [3.63, 3.8) is 0 Å². The van der Waals surface area contributed by atoms with Gasteiger partial charge in [0.15, 0.2) is 0 Å². The molecule has 0 aromatic carbocycles. The normalized spacial score (nSPS) is 22.2. The zero-order chi connectivity index (χ0) is 30.7. The molecule has 3 aliphatic rings. The summed E-state index contributed by atoms with van der Waals surface area (Å²) < 4.78 is 0. The maximum atomic E-state index is 13.8. The number of hydrogen-bond acceptors (Lipinski definition) is 7. The van der Waals surface area contributed by atoms with Gasteiger partial charge in [0.05, 0.1) is 12.7 Å². The predicted molar refractivity (Wildman–Crippen MR) is 164 cm³/mol. The van der Waals surface area contributed by atoms with Crippen LogP contribution in [0.1, 0.15) is 113 Å². The third-order valence-corrected chi connectivity index (χ3v) is 8.31. The van der Waals surface area contributed by atoms with E-state index in [1.54, 1.807) is 0 Å². The van der Waals surface area contributed by atoms with Crippen LogP contribution < -0.4 is 16.0 Å². The van der Waals surface area contributed by atoms with Gasteiger partial charge >= 0.3 is 0 Å². The molecule has 11 nitrogen and oxygen atoms in total. The number of aromatic nitrogens is 2. The number of imide groups is 1. The van der Waals surface area contributed by atoms with Crippen molar-refractivity contribution in [1.82, 2.24) is 30.8 Å². The first-order valence-corrected chi connectivity index (χ1v) is 15.5. The minimum Gasteiger partial charge on any atom is -0.342 e. The molecule has 42 heavy (non-hydrogen) atoms. The standard InChI is InChI=1S/C25H36N6O5.C6H12.3H2/c1-5-7-18(32)30-23(35)20-16-9-6-8-15(16)14-31(20)24(36)21(25(2,3)4)29-19(33)13-28-22(34)17-12-26-10-11-27-17;1-2-4-6-5-3-1;;;/h10-12,15-16,20-21H,5-9,13-14H2,1-4H3,(H,28,34)(H,29,33)(H,30,32,35);1-6H2;3*1H/t15-,16-,20-,21+;;;;/m0..../s1. The van der Waals surface area contributed by atoms with E-state index in [2.05, 4.69) is 25.9 Å². The molecular formula is C31H54N6O5. The van der Waals surface area contributed by atoms with Crippen molar-refractivity contribution < 1.29 is 28.3 Å². The topological polar surface area (TPSA) is 150 Å². The van der Waals surface area contributed by atoms with Crippen LogP contribution in [-0.4, -0.2) is 69.6 Å². The summed E-state index contributed by atoms with van der Waals surface area (Å²) >= 11 is 0. The van der Waals surface area contributed by atoms with E-state index in [4.69, 9.17) is 0 Å². The number of carbonyl (C=O) groups excluding carboxylic acids is 5. The monoisotopic (exact) mass is 590 g/mol. The van der Waals surface area contributed by atoms with Crippen LogP contribution >= 0.6 is 0 Å². The van der Waals surface area contributed by atoms with Gasteiger partial charge in [0.1, 0.15) is 17.8 Å². The van der Waals surface area contributed by atoms with Gasteiger partial charge in [-0.2, -0.15) is 0 Å². The Kier molecular flexibility index (Phi) is 12.4. The minimum absolute atomic E-state index is 0. The third kappa shape index (κ3) is 9.32. The lowest BCUT2D eigenvalue weighted by Gasteiger charge is -2.36. The van der Waals surface area contributed by atoms with Gasteiger partial charge in [-0.3, -0.25) is 34.3 Å². The van der Waals surface area contributed by atoms with E-state index in [9.17, 15) is 24.0 Å². The molecule has 4 atom stereocenters. The summed E-state index contributed by atoms with van der Waals surface area (Å²) in [4.78, 5) is 73.2. The Morgan fingerprint density at radius 2 is 1.64 bits per heavy atom. The molecule has 1 aromatic rings. The fourth-order valence-electron chi connectivity index (χ4n) is 6.12. The largest absolute Gasteiger partial charge is 0.342 e. The molecule has 1 aromatic heterocycles. The molecule has 0 unspecified atom stereocenters. The molecule has 1 aliphatic heterocycles. The van der Waals surface area contributed by atoms with Gasteiger partial charge in [-0.15, -0.1) is 0 Å². The summed E-state index contributed by atoms with van der Waals surface area (Å²) in [5.74, 6) is -2.09. The maximum absolute atomic E-state index is 13.8. The highest BCUT2D eigenvalue weighted by atomic mass is 16.2. The molecule has 0 bridgehead atoms. The molecule has 5 amide bonds. The molecule has 2 saturated carbocycles. The van der Waals surface area contributed by atoms with Gasteiger partial charge in [0.2, 0.25) is 23.6 Å². The highest BCUT2D eigenvalue weighted by molar-refractivity contribution is 6.01. The van der Waals surface area contributed by atoms with Crippen molar-refractivity contribution in [2.24, 2.45) is 17.3 Å². The second kappa shape index (κ2) is 15.7. The quantitative estimate of drug-likeness (QED) is 0.416. The van der Waals surface area contributed by atoms with Gasteiger partial charge in [-0.25, -0.2) is 4.98 Å². The number of nitrogens with one attached hydrogen (secondary N) is 3. The van der Waals surface area contributed by atoms with Crippen molar-refractivity contribution in [3.05, 3.63) is 24.3 Å². The molecule has 0 radical (unpaired) electrons. The highest BCUT2D eigenvalue weighted by Crippen LogP contribution is 2.43. The SMILES string of the molecule is C1CCCCC1.CCCC(=O)NC(=O)[C@@H]1[C@H]2CCC[C@H]2CN1C(=O)[C@@H](NC(=O)CNC(=O)c1cnccn1)C(C)(C)C.[HH].[HH].[HH]. The molecule has 3 N–H and O–H groups in total. The number of hydrogen-bond donors (Lipinski definition) is 3. The van der Waals surface area contributed by atoms with Crippen LogP contribution in [0.15, 0.2) is 18.6 Å².